The van der Waals surface area contributed by atoms with Gasteiger partial charge in [-0.15, -0.1) is 0 Å². The van der Waals surface area contributed by atoms with Gasteiger partial charge in [-0.05, 0) is 0 Å². The summed E-state index contributed by atoms with van der Waals surface area (Å²) in [5.74, 6) is -0.674. The molecule has 3 nitrogen and oxygen atoms in total. The van der Waals surface area contributed by atoms with Gasteiger partial charge in [0.1, 0.15) is 0 Å². The van der Waals surface area contributed by atoms with Crippen molar-refractivity contribution in [2.45, 2.75) is 6.82 Å². The Morgan fingerprint density at radius 2 is 2.38 bits per heavy atom. The van der Waals surface area contributed by atoms with Crippen LogP contribution in [0.15, 0.2) is 0 Å². The Hall–Kier alpha value is -0.570. The predicted molar refractivity (Wildman–Crippen MR) is 32.3 cm³/mol. The topological polar surface area (TPSA) is 49.3 Å². The third kappa shape index (κ3) is 1.93. The van der Waals surface area contributed by atoms with Gasteiger partial charge in [0.2, 0.25) is 0 Å². The summed E-state index contributed by atoms with van der Waals surface area (Å²) in [6.45, 7) is 1.60. The molecule has 2 radical (unpaired) electrons. The van der Waals surface area contributed by atoms with E-state index in [4.69, 9.17) is 12.7 Å². The number of carbonyl (C=O) groups is 1. The molecule has 0 spiro atoms. The van der Waals surface area contributed by atoms with Crippen molar-refractivity contribution in [3.63, 3.8) is 0 Å². The summed E-state index contributed by atoms with van der Waals surface area (Å²) < 4.78 is 0. The van der Waals surface area contributed by atoms with Gasteiger partial charge in [0.15, 0.2) is 0 Å². The fraction of sp³-hybridized carbons (Fsp3) is 0.333. The first-order valence-corrected chi connectivity index (χ1v) is 2.08. The number of nitrogens with one attached hydrogen (secondary N) is 1. The average molecular weight is 109 g/mol. The van der Waals surface area contributed by atoms with Crippen molar-refractivity contribution in [3.05, 3.63) is 0 Å². The molecule has 0 heterocycles. The molecule has 0 aliphatic heterocycles. The van der Waals surface area contributed by atoms with Gasteiger partial charge in [-0.1, -0.05) is 0 Å². The Kier molecular flexibility index (Phi) is 3.19. The molecule has 0 saturated heterocycles. The van der Waals surface area contributed by atoms with E-state index in [1.165, 1.54) is 12.8 Å². The molecule has 0 bridgehead atoms. The van der Waals surface area contributed by atoms with Crippen LogP contribution in [0.1, 0.15) is 0 Å². The maximum atomic E-state index is 10.2. The van der Waals surface area contributed by atoms with Crippen LogP contribution in [0.5, 0.6) is 0 Å². The molecule has 0 aliphatic carbocycles. The van der Waals surface area contributed by atoms with Crippen LogP contribution in [-0.4, -0.2) is 31.2 Å². The third-order valence-corrected chi connectivity index (χ3v) is 0.675. The van der Waals surface area contributed by atoms with Crippen LogP contribution in [0.2, 0.25) is 6.82 Å². The van der Waals surface area contributed by atoms with E-state index in [1.807, 2.05) is 0 Å². The summed E-state index contributed by atoms with van der Waals surface area (Å²) in [7, 11) is 6.41. The Balaban J connectivity index is 3.64. The van der Waals surface area contributed by atoms with Crippen LogP contribution in [0, 0.1) is 0 Å². The molecule has 0 aromatic carbocycles. The number of hydrogen-bond acceptors (Lipinski definition) is 2. The second-order valence-electron chi connectivity index (χ2n) is 1.18. The van der Waals surface area contributed by atoms with Crippen molar-refractivity contribution >= 4 is 26.0 Å². The van der Waals surface area contributed by atoms with E-state index in [0.29, 0.717) is 0 Å². The van der Waals surface area contributed by atoms with Crippen molar-refractivity contribution in [1.82, 2.24) is 5.48 Å². The van der Waals surface area contributed by atoms with Gasteiger partial charge in [0.25, 0.3) is 0 Å². The molecular weight excluding hydrogens is 104 g/mol. The van der Waals surface area contributed by atoms with E-state index in [-0.39, 0.29) is 5.36 Å². The van der Waals surface area contributed by atoms with Crippen LogP contribution in [-0.2, 0) is 4.79 Å². The van der Waals surface area contributed by atoms with Gasteiger partial charge >= 0.3 is 48.3 Å². The predicted octanol–water partition coefficient (Wildman–Crippen LogP) is -1.46. The maximum absolute atomic E-state index is 10.2. The zero-order valence-electron chi connectivity index (χ0n) is 4.51. The molecule has 0 fully saturated rings. The second kappa shape index (κ2) is 3.43. The molecule has 0 aromatic rings. The zero-order valence-corrected chi connectivity index (χ0v) is 4.51. The first-order valence-electron chi connectivity index (χ1n) is 2.08. The average Bonchev–Trinajstić information content (AvgIpc) is 1.84. The number of rotatable bonds is 2. The molecule has 0 aromatic heterocycles. The van der Waals surface area contributed by atoms with Crippen molar-refractivity contribution in [3.8, 4) is 0 Å². The molecule has 0 aliphatic rings. The molecule has 0 atom stereocenters. The molecule has 5 heteroatoms. The summed E-state index contributed by atoms with van der Waals surface area (Å²) in [4.78, 5) is 10.2. The summed E-state index contributed by atoms with van der Waals surface area (Å²) in [6, 6.07) is 0. The van der Waals surface area contributed by atoms with Crippen LogP contribution in [0.25, 0.3) is 0 Å². The minimum atomic E-state index is -0.674. The second-order valence-corrected chi connectivity index (χ2v) is 1.18. The van der Waals surface area contributed by atoms with Crippen LogP contribution < -0.4 is 5.48 Å². The molecule has 40 valence electrons. The van der Waals surface area contributed by atoms with Gasteiger partial charge in [-0.25, -0.2) is 0 Å². The Labute approximate surface area is 49.4 Å². The normalized spacial score (nSPS) is 7.62. The van der Waals surface area contributed by atoms with Gasteiger partial charge in [0, 0.05) is 0 Å². The molecule has 8 heavy (non-hydrogen) atoms. The van der Waals surface area contributed by atoms with Crippen molar-refractivity contribution in [1.29, 1.82) is 0 Å². The van der Waals surface area contributed by atoms with Gasteiger partial charge in [-0.2, -0.15) is 0 Å². The van der Waals surface area contributed by atoms with Crippen molar-refractivity contribution in [2.24, 2.45) is 0 Å². The molecule has 2 N–H and O–H groups in total. The molecule has 0 saturated carbocycles. The molecule has 0 rings (SSSR count). The van der Waals surface area contributed by atoms with Crippen LogP contribution in [0.4, 0.5) is 0 Å². The van der Waals surface area contributed by atoms with Crippen molar-refractivity contribution < 1.29 is 10.0 Å². The number of carbonyl (C=O) groups excluding carboxylic acids is 1. The van der Waals surface area contributed by atoms with Crippen molar-refractivity contribution in [2.75, 3.05) is 0 Å². The summed E-state index contributed by atoms with van der Waals surface area (Å²) in [5.41, 5.74) is 1.38. The fourth-order valence-electron chi connectivity index (χ4n) is 0.196. The van der Waals surface area contributed by atoms with E-state index in [0.717, 1.165) is 0 Å². The van der Waals surface area contributed by atoms with E-state index in [2.05, 4.69) is 0 Å². The Morgan fingerprint density at radius 3 is 2.50 bits per heavy atom. The standard InChI is InChI=1S/C3H5B2NO2/c1-5-2(4)3(7)6-8/h8H,1H3,(H,6,7). The van der Waals surface area contributed by atoms with E-state index < -0.39 is 5.91 Å². The first kappa shape index (κ1) is 7.43. The SMILES string of the molecule is [B]=C([B]C)C(=O)NO. The molecular formula is C3H5B2NO2. The number of hydroxylamine groups is 1. The van der Waals surface area contributed by atoms with Gasteiger partial charge < -0.3 is 0 Å². The summed E-state index contributed by atoms with van der Waals surface area (Å²) in [6.07, 6.45) is 0. The van der Waals surface area contributed by atoms with E-state index >= 15 is 0 Å². The summed E-state index contributed by atoms with van der Waals surface area (Å²) >= 11 is 0. The fourth-order valence-corrected chi connectivity index (χ4v) is 0.196. The summed E-state index contributed by atoms with van der Waals surface area (Å²) in [5, 5.41) is 7.92. The van der Waals surface area contributed by atoms with Crippen LogP contribution >= 0.6 is 0 Å². The van der Waals surface area contributed by atoms with E-state index in [1.54, 1.807) is 6.82 Å². The Morgan fingerprint density at radius 1 is 1.88 bits per heavy atom. The van der Waals surface area contributed by atoms with Crippen LogP contribution in [0.3, 0.4) is 0 Å². The van der Waals surface area contributed by atoms with Gasteiger partial charge in [0.05, 0.1) is 0 Å². The van der Waals surface area contributed by atoms with Gasteiger partial charge in [-0.3, -0.25) is 0 Å². The van der Waals surface area contributed by atoms with E-state index in [9.17, 15) is 4.79 Å². The third-order valence-electron chi connectivity index (χ3n) is 0.675. The number of amides is 1. The first-order chi connectivity index (χ1) is 3.72. The number of hydrogen-bond donors (Lipinski definition) is 2. The molecule has 0 unspecified atom stereocenters. The quantitative estimate of drug-likeness (QED) is 0.258. The Bertz CT molecular complexity index is 99.9. The zero-order chi connectivity index (χ0) is 6.57. The minimum absolute atomic E-state index is 0.00694. The molecule has 1 amide bonds. The monoisotopic (exact) mass is 109 g/mol.